The van der Waals surface area contributed by atoms with E-state index in [1.807, 2.05) is 13.0 Å². The number of likely N-dealkylation sites (tertiary alicyclic amines) is 1. The lowest BCUT2D eigenvalue weighted by Gasteiger charge is -2.36. The highest BCUT2D eigenvalue weighted by Crippen LogP contribution is 2.24. The van der Waals surface area contributed by atoms with Crippen molar-refractivity contribution in [1.29, 1.82) is 0 Å². The average molecular weight is 527 g/mol. The number of carbonyl (C=O) groups is 1. The highest BCUT2D eigenvalue weighted by Gasteiger charge is 2.41. The molecule has 0 aliphatic carbocycles. The summed E-state index contributed by atoms with van der Waals surface area (Å²) in [6.07, 6.45) is 0.147. The van der Waals surface area contributed by atoms with E-state index in [1.54, 1.807) is 19.0 Å². The number of benzene rings is 1. The fourth-order valence-electron chi connectivity index (χ4n) is 3.73. The van der Waals surface area contributed by atoms with Gasteiger partial charge in [-0.2, -0.15) is 0 Å². The van der Waals surface area contributed by atoms with Gasteiger partial charge in [-0.1, -0.05) is 42.5 Å². The number of rotatable bonds is 6. The maximum absolute atomic E-state index is 12.0. The summed E-state index contributed by atoms with van der Waals surface area (Å²) in [4.78, 5) is 22.9. The van der Waals surface area contributed by atoms with E-state index in [0.29, 0.717) is 12.6 Å². The number of likely N-dealkylation sites (N-methyl/N-ethyl adjacent to an activating group) is 1. The summed E-state index contributed by atoms with van der Waals surface area (Å²) in [5, 5.41) is 3.36. The lowest BCUT2D eigenvalue weighted by molar-refractivity contribution is -0.127. The number of morpholine rings is 1. The van der Waals surface area contributed by atoms with E-state index in [2.05, 4.69) is 51.0 Å². The van der Waals surface area contributed by atoms with Crippen LogP contribution in [0.4, 0.5) is 0 Å². The van der Waals surface area contributed by atoms with Crippen molar-refractivity contribution in [1.82, 2.24) is 20.0 Å². The Labute approximate surface area is 197 Å². The SMILES string of the molecule is C=C(C)CNC(=NCC(=O)N(C)C)N1CC2OCCN(Cc3ccccc3)C2C1.I. The molecule has 1 aromatic rings. The van der Waals surface area contributed by atoms with Gasteiger partial charge in [0.1, 0.15) is 6.54 Å². The number of fused-ring (bicyclic) bond motifs is 1. The molecule has 1 amide bonds. The second kappa shape index (κ2) is 11.7. The molecule has 7 nitrogen and oxygen atoms in total. The number of hydrogen-bond acceptors (Lipinski definition) is 4. The number of carbonyl (C=O) groups excluding carboxylic acids is 1. The number of ether oxygens (including phenoxy) is 1. The Hall–Kier alpha value is -1.65. The monoisotopic (exact) mass is 527 g/mol. The quantitative estimate of drug-likeness (QED) is 0.265. The fraction of sp³-hybridized carbons (Fsp3) is 0.545. The topological polar surface area (TPSA) is 60.4 Å². The van der Waals surface area contributed by atoms with Gasteiger partial charge in [0, 0.05) is 46.8 Å². The first-order chi connectivity index (χ1) is 13.9. The van der Waals surface area contributed by atoms with Crippen molar-refractivity contribution in [3.8, 4) is 0 Å². The first-order valence-electron chi connectivity index (χ1n) is 10.2. The van der Waals surface area contributed by atoms with Gasteiger partial charge in [0.25, 0.3) is 0 Å². The van der Waals surface area contributed by atoms with Gasteiger partial charge in [0.05, 0.1) is 18.8 Å². The van der Waals surface area contributed by atoms with Crippen LogP contribution in [-0.2, 0) is 16.1 Å². The van der Waals surface area contributed by atoms with E-state index in [-0.39, 0.29) is 42.5 Å². The van der Waals surface area contributed by atoms with E-state index >= 15 is 0 Å². The molecule has 2 saturated heterocycles. The van der Waals surface area contributed by atoms with Crippen molar-refractivity contribution in [2.75, 3.05) is 53.4 Å². The van der Waals surface area contributed by atoms with Gasteiger partial charge in [-0.15, -0.1) is 24.0 Å². The fourth-order valence-corrected chi connectivity index (χ4v) is 3.73. The van der Waals surface area contributed by atoms with Crippen molar-refractivity contribution in [2.24, 2.45) is 4.99 Å². The van der Waals surface area contributed by atoms with Crippen LogP contribution in [0, 0.1) is 0 Å². The van der Waals surface area contributed by atoms with Crippen LogP contribution < -0.4 is 5.32 Å². The third-order valence-corrected chi connectivity index (χ3v) is 5.36. The van der Waals surface area contributed by atoms with Crippen LogP contribution in [0.1, 0.15) is 12.5 Å². The Morgan fingerprint density at radius 2 is 2.03 bits per heavy atom. The standard InChI is InChI=1S/C22H33N5O2.HI/c1-17(2)12-23-22(24-13-21(28)25(3)4)27-15-19-20(16-27)29-11-10-26(19)14-18-8-6-5-7-9-18;/h5-9,19-20H,1,10-16H2,2-4H3,(H,23,24);1H. The molecule has 2 aliphatic heterocycles. The molecule has 0 aromatic heterocycles. The molecule has 8 heteroatoms. The highest BCUT2D eigenvalue weighted by molar-refractivity contribution is 14.0. The predicted molar refractivity (Wildman–Crippen MR) is 131 cm³/mol. The van der Waals surface area contributed by atoms with Crippen LogP contribution in [0.15, 0.2) is 47.5 Å². The summed E-state index contributed by atoms with van der Waals surface area (Å²) < 4.78 is 6.08. The number of halogens is 1. The van der Waals surface area contributed by atoms with Crippen molar-refractivity contribution in [3.63, 3.8) is 0 Å². The molecule has 0 saturated carbocycles. The summed E-state index contributed by atoms with van der Waals surface area (Å²) in [5.74, 6) is 0.735. The molecule has 30 heavy (non-hydrogen) atoms. The molecule has 2 aliphatic rings. The zero-order valence-corrected chi connectivity index (χ0v) is 20.5. The van der Waals surface area contributed by atoms with Crippen molar-refractivity contribution in [2.45, 2.75) is 25.6 Å². The minimum absolute atomic E-state index is 0. The lowest BCUT2D eigenvalue weighted by Crippen LogP contribution is -2.50. The second-order valence-corrected chi connectivity index (χ2v) is 8.08. The molecule has 1 N–H and O–H groups in total. The molecule has 2 heterocycles. The molecule has 2 atom stereocenters. The molecule has 2 fully saturated rings. The molecule has 0 radical (unpaired) electrons. The summed E-state index contributed by atoms with van der Waals surface area (Å²) in [7, 11) is 3.50. The number of nitrogens with one attached hydrogen (secondary N) is 1. The maximum Gasteiger partial charge on any atom is 0.243 e. The lowest BCUT2D eigenvalue weighted by atomic mass is 10.1. The van der Waals surface area contributed by atoms with Crippen LogP contribution >= 0.6 is 24.0 Å². The number of hydrogen-bond donors (Lipinski definition) is 1. The molecular formula is C22H34IN5O2. The van der Waals surface area contributed by atoms with Gasteiger partial charge in [-0.3, -0.25) is 9.69 Å². The average Bonchev–Trinajstić information content (AvgIpc) is 3.13. The molecule has 3 rings (SSSR count). The van der Waals surface area contributed by atoms with Gasteiger partial charge in [-0.25, -0.2) is 4.99 Å². The van der Waals surface area contributed by atoms with E-state index in [9.17, 15) is 4.79 Å². The van der Waals surface area contributed by atoms with Gasteiger partial charge >= 0.3 is 0 Å². The molecule has 166 valence electrons. The molecule has 0 bridgehead atoms. The van der Waals surface area contributed by atoms with Crippen LogP contribution in [0.2, 0.25) is 0 Å². The zero-order chi connectivity index (χ0) is 20.8. The largest absolute Gasteiger partial charge is 0.373 e. The van der Waals surface area contributed by atoms with Gasteiger partial charge in [0.15, 0.2) is 5.96 Å². The highest BCUT2D eigenvalue weighted by atomic mass is 127. The number of amides is 1. The van der Waals surface area contributed by atoms with E-state index < -0.39 is 0 Å². The van der Waals surface area contributed by atoms with Gasteiger partial charge in [0.2, 0.25) is 5.91 Å². The first-order valence-corrected chi connectivity index (χ1v) is 10.2. The third-order valence-electron chi connectivity index (χ3n) is 5.36. The van der Waals surface area contributed by atoms with Crippen molar-refractivity contribution in [3.05, 3.63) is 48.0 Å². The summed E-state index contributed by atoms with van der Waals surface area (Å²) in [6.45, 7) is 10.9. The second-order valence-electron chi connectivity index (χ2n) is 8.08. The normalized spacial score (nSPS) is 21.6. The predicted octanol–water partition coefficient (Wildman–Crippen LogP) is 1.80. The van der Waals surface area contributed by atoms with E-state index in [0.717, 1.165) is 44.3 Å². The minimum atomic E-state index is -0.0156. The molecule has 0 spiro atoms. The first kappa shape index (κ1) is 24.6. The third kappa shape index (κ3) is 6.68. The summed E-state index contributed by atoms with van der Waals surface area (Å²) in [6, 6.07) is 10.9. The van der Waals surface area contributed by atoms with Crippen molar-refractivity contribution >= 4 is 35.8 Å². The van der Waals surface area contributed by atoms with Crippen molar-refractivity contribution < 1.29 is 9.53 Å². The Kier molecular flexibility index (Phi) is 9.57. The Morgan fingerprint density at radius 3 is 2.70 bits per heavy atom. The van der Waals surface area contributed by atoms with Gasteiger partial charge < -0.3 is 19.9 Å². The maximum atomic E-state index is 12.0. The van der Waals surface area contributed by atoms with E-state index in [4.69, 9.17) is 4.74 Å². The van der Waals surface area contributed by atoms with Crippen LogP contribution in [0.3, 0.4) is 0 Å². The Balaban J connectivity index is 0.00000320. The molecular weight excluding hydrogens is 493 g/mol. The van der Waals surface area contributed by atoms with Gasteiger partial charge in [-0.05, 0) is 12.5 Å². The number of nitrogens with zero attached hydrogens (tertiary/aromatic N) is 4. The summed E-state index contributed by atoms with van der Waals surface area (Å²) >= 11 is 0. The molecule has 1 aromatic carbocycles. The van der Waals surface area contributed by atoms with Crippen LogP contribution in [-0.4, -0.2) is 92.1 Å². The number of aliphatic imine (C=N–C) groups is 1. The minimum Gasteiger partial charge on any atom is -0.373 e. The molecule has 2 unspecified atom stereocenters. The number of guanidine groups is 1. The Morgan fingerprint density at radius 1 is 1.30 bits per heavy atom. The zero-order valence-electron chi connectivity index (χ0n) is 18.2. The Bertz CT molecular complexity index is 740. The van der Waals surface area contributed by atoms with Crippen LogP contribution in [0.5, 0.6) is 0 Å². The summed E-state index contributed by atoms with van der Waals surface area (Å²) in [5.41, 5.74) is 2.34. The van der Waals surface area contributed by atoms with E-state index in [1.165, 1.54) is 5.56 Å². The van der Waals surface area contributed by atoms with Crippen LogP contribution in [0.25, 0.3) is 0 Å². The smallest absolute Gasteiger partial charge is 0.243 e.